The van der Waals surface area contributed by atoms with Gasteiger partial charge in [0.05, 0.1) is 4.92 Å². The van der Waals surface area contributed by atoms with E-state index in [2.05, 4.69) is 0 Å². The molecule has 7 heteroatoms. The average Bonchev–Trinajstić information content (AvgIpc) is 2.27. The Morgan fingerprint density at radius 2 is 2.24 bits per heavy atom. The van der Waals surface area contributed by atoms with Crippen LogP contribution in [0.15, 0.2) is 18.2 Å². The van der Waals surface area contributed by atoms with Crippen molar-refractivity contribution in [2.75, 3.05) is 0 Å². The number of hydrogen-bond acceptors (Lipinski definition) is 5. The number of amides is 1. The van der Waals surface area contributed by atoms with Crippen molar-refractivity contribution < 1.29 is 14.5 Å². The van der Waals surface area contributed by atoms with E-state index in [9.17, 15) is 14.9 Å². The van der Waals surface area contributed by atoms with E-state index in [-0.39, 0.29) is 11.4 Å². The van der Waals surface area contributed by atoms with Gasteiger partial charge in [0.1, 0.15) is 0 Å². The topological polar surface area (TPSA) is 107 Å². The number of para-hydroxylation sites is 1. The molecular weight excluding hydrogens is 226 g/mol. The van der Waals surface area contributed by atoms with Crippen molar-refractivity contribution >= 4 is 11.6 Å². The molecule has 1 amide bonds. The molecule has 0 fully saturated rings. The fraction of sp³-hybridized carbons (Fsp3) is 0.300. The monoisotopic (exact) mass is 239 g/mol. The molecule has 1 aromatic rings. The summed E-state index contributed by atoms with van der Waals surface area (Å²) in [6, 6.07) is 4.65. The van der Waals surface area contributed by atoms with Crippen LogP contribution in [0.2, 0.25) is 0 Å². The first kappa shape index (κ1) is 12.9. The van der Waals surface area contributed by atoms with Crippen LogP contribution in [0.1, 0.15) is 12.5 Å². The molecule has 1 aromatic carbocycles. The van der Waals surface area contributed by atoms with Gasteiger partial charge in [-0.05, 0) is 19.9 Å². The smallest absolute Gasteiger partial charge is 0.313 e. The zero-order valence-corrected chi connectivity index (χ0v) is 9.47. The predicted molar refractivity (Wildman–Crippen MR) is 60.3 cm³/mol. The van der Waals surface area contributed by atoms with Crippen LogP contribution in [0, 0.1) is 17.0 Å². The van der Waals surface area contributed by atoms with Gasteiger partial charge < -0.3 is 4.74 Å². The molecule has 0 aliphatic rings. The minimum atomic E-state index is -0.902. The van der Waals surface area contributed by atoms with Crippen molar-refractivity contribution in [2.45, 2.75) is 20.0 Å². The van der Waals surface area contributed by atoms with E-state index in [4.69, 9.17) is 10.6 Å². The Labute approximate surface area is 97.7 Å². The molecule has 0 saturated heterocycles. The number of hydrogen-bond donors (Lipinski definition) is 2. The third-order valence-electron chi connectivity index (χ3n) is 2.20. The number of carbonyl (C=O) groups excluding carboxylic acids is 1. The number of nitrogens with zero attached hydrogens (tertiary/aromatic N) is 1. The van der Waals surface area contributed by atoms with Crippen molar-refractivity contribution in [1.82, 2.24) is 5.43 Å². The highest BCUT2D eigenvalue weighted by Gasteiger charge is 2.22. The summed E-state index contributed by atoms with van der Waals surface area (Å²) in [5, 5.41) is 10.9. The highest BCUT2D eigenvalue weighted by atomic mass is 16.6. The number of rotatable bonds is 4. The van der Waals surface area contributed by atoms with Gasteiger partial charge in [-0.1, -0.05) is 12.1 Å². The van der Waals surface area contributed by atoms with Gasteiger partial charge in [0.2, 0.25) is 0 Å². The fourth-order valence-corrected chi connectivity index (χ4v) is 1.32. The van der Waals surface area contributed by atoms with Crippen LogP contribution in [-0.2, 0) is 4.79 Å². The predicted octanol–water partition coefficient (Wildman–Crippen LogP) is 0.660. The van der Waals surface area contributed by atoms with Gasteiger partial charge >= 0.3 is 5.69 Å². The number of benzene rings is 1. The van der Waals surface area contributed by atoms with Crippen molar-refractivity contribution in [3.63, 3.8) is 0 Å². The third-order valence-corrected chi connectivity index (χ3v) is 2.20. The standard InChI is InChI=1S/C10H13N3O4/c1-6-4-3-5-8(9(6)13(15)16)17-7(2)10(14)12-11/h3-5,7H,11H2,1-2H3,(H,12,14). The maximum absolute atomic E-state index is 11.2. The largest absolute Gasteiger partial charge is 0.474 e. The molecule has 0 heterocycles. The SMILES string of the molecule is Cc1cccc(OC(C)C(=O)NN)c1[N+](=O)[O-]. The molecule has 0 spiro atoms. The first-order valence-corrected chi connectivity index (χ1v) is 4.88. The molecule has 0 aliphatic heterocycles. The average molecular weight is 239 g/mol. The van der Waals surface area contributed by atoms with Gasteiger partial charge in [0, 0.05) is 5.56 Å². The van der Waals surface area contributed by atoms with E-state index < -0.39 is 16.9 Å². The third kappa shape index (κ3) is 2.91. The number of hydrazine groups is 1. The summed E-state index contributed by atoms with van der Waals surface area (Å²) in [6.07, 6.45) is -0.902. The Kier molecular flexibility index (Phi) is 4.00. The van der Waals surface area contributed by atoms with Crippen LogP contribution >= 0.6 is 0 Å². The normalized spacial score (nSPS) is 11.7. The molecule has 17 heavy (non-hydrogen) atoms. The molecule has 7 nitrogen and oxygen atoms in total. The van der Waals surface area contributed by atoms with Gasteiger partial charge in [0.25, 0.3) is 5.91 Å². The zero-order chi connectivity index (χ0) is 13.0. The van der Waals surface area contributed by atoms with E-state index in [0.29, 0.717) is 5.56 Å². The van der Waals surface area contributed by atoms with Gasteiger partial charge in [-0.25, -0.2) is 5.84 Å². The van der Waals surface area contributed by atoms with E-state index >= 15 is 0 Å². The molecule has 1 rings (SSSR count). The quantitative estimate of drug-likeness (QED) is 0.347. The second kappa shape index (κ2) is 5.26. The van der Waals surface area contributed by atoms with Crippen molar-refractivity contribution in [1.29, 1.82) is 0 Å². The van der Waals surface area contributed by atoms with Gasteiger partial charge in [-0.3, -0.25) is 20.3 Å². The maximum atomic E-state index is 11.2. The van der Waals surface area contributed by atoms with Crippen LogP contribution in [-0.4, -0.2) is 16.9 Å². The molecule has 1 atom stereocenters. The second-order valence-electron chi connectivity index (χ2n) is 3.45. The number of ether oxygens (including phenoxy) is 1. The molecule has 0 bridgehead atoms. The Morgan fingerprint density at radius 3 is 2.76 bits per heavy atom. The van der Waals surface area contributed by atoms with E-state index in [1.165, 1.54) is 13.0 Å². The summed E-state index contributed by atoms with van der Waals surface area (Å²) >= 11 is 0. The highest BCUT2D eigenvalue weighted by molar-refractivity contribution is 5.80. The van der Waals surface area contributed by atoms with E-state index in [1.807, 2.05) is 5.43 Å². The molecule has 92 valence electrons. The lowest BCUT2D eigenvalue weighted by Crippen LogP contribution is -2.40. The van der Waals surface area contributed by atoms with Crippen molar-refractivity contribution in [2.24, 2.45) is 5.84 Å². The molecule has 3 N–H and O–H groups in total. The number of aryl methyl sites for hydroxylation is 1. The summed E-state index contributed by atoms with van der Waals surface area (Å²) in [5.41, 5.74) is 2.23. The van der Waals surface area contributed by atoms with Gasteiger partial charge in [0.15, 0.2) is 11.9 Å². The van der Waals surface area contributed by atoms with Crippen LogP contribution < -0.4 is 16.0 Å². The second-order valence-corrected chi connectivity index (χ2v) is 3.45. The first-order chi connectivity index (χ1) is 7.97. The summed E-state index contributed by atoms with van der Waals surface area (Å²) in [6.45, 7) is 3.05. The number of nitro groups is 1. The summed E-state index contributed by atoms with van der Waals surface area (Å²) in [5.74, 6) is 4.43. The first-order valence-electron chi connectivity index (χ1n) is 4.88. The van der Waals surface area contributed by atoms with E-state index in [1.54, 1.807) is 19.1 Å². The Bertz CT molecular complexity index is 447. The Balaban J connectivity index is 3.02. The fourth-order valence-electron chi connectivity index (χ4n) is 1.32. The maximum Gasteiger partial charge on any atom is 0.313 e. The molecule has 0 radical (unpaired) electrons. The number of nitrogens with one attached hydrogen (secondary N) is 1. The summed E-state index contributed by atoms with van der Waals surface area (Å²) < 4.78 is 5.21. The van der Waals surface area contributed by atoms with Crippen molar-refractivity contribution in [3.8, 4) is 5.75 Å². The van der Waals surface area contributed by atoms with Crippen LogP contribution in [0.4, 0.5) is 5.69 Å². The van der Waals surface area contributed by atoms with Crippen LogP contribution in [0.5, 0.6) is 5.75 Å². The van der Waals surface area contributed by atoms with Gasteiger partial charge in [-0.15, -0.1) is 0 Å². The zero-order valence-electron chi connectivity index (χ0n) is 9.47. The lowest BCUT2D eigenvalue weighted by molar-refractivity contribution is -0.386. The number of nitrogens with two attached hydrogens (primary N) is 1. The molecule has 0 saturated carbocycles. The Morgan fingerprint density at radius 1 is 1.59 bits per heavy atom. The lowest BCUT2D eigenvalue weighted by Gasteiger charge is -2.13. The Hall–Kier alpha value is -2.15. The summed E-state index contributed by atoms with van der Waals surface area (Å²) in [7, 11) is 0. The molecular formula is C10H13N3O4. The molecule has 1 unspecified atom stereocenters. The lowest BCUT2D eigenvalue weighted by atomic mass is 10.2. The molecule has 0 aromatic heterocycles. The number of carbonyl (C=O) groups is 1. The highest BCUT2D eigenvalue weighted by Crippen LogP contribution is 2.30. The van der Waals surface area contributed by atoms with Gasteiger partial charge in [-0.2, -0.15) is 0 Å². The minimum Gasteiger partial charge on any atom is -0.474 e. The minimum absolute atomic E-state index is 0.0473. The number of nitro benzene ring substituents is 1. The van der Waals surface area contributed by atoms with Crippen molar-refractivity contribution in [3.05, 3.63) is 33.9 Å². The summed E-state index contributed by atoms with van der Waals surface area (Å²) in [4.78, 5) is 21.5. The molecule has 0 aliphatic carbocycles. The van der Waals surface area contributed by atoms with E-state index in [0.717, 1.165) is 0 Å². The van der Waals surface area contributed by atoms with Crippen LogP contribution in [0.3, 0.4) is 0 Å². The van der Waals surface area contributed by atoms with Crippen LogP contribution in [0.25, 0.3) is 0 Å².